The van der Waals surface area contributed by atoms with E-state index in [-0.39, 0.29) is 18.5 Å². The molecule has 1 heterocycles. The van der Waals surface area contributed by atoms with Gasteiger partial charge in [-0.15, -0.1) is 11.3 Å². The Bertz CT molecular complexity index is 396. The summed E-state index contributed by atoms with van der Waals surface area (Å²) in [6.07, 6.45) is 4.01. The Morgan fingerprint density at radius 2 is 2.12 bits per heavy atom. The first kappa shape index (κ1) is 12.1. The Morgan fingerprint density at radius 3 is 2.65 bits per heavy atom. The highest BCUT2D eigenvalue weighted by Crippen LogP contribution is 2.25. The van der Waals surface area contributed by atoms with E-state index in [0.29, 0.717) is 4.88 Å². The van der Waals surface area contributed by atoms with E-state index in [1.807, 2.05) is 11.4 Å². The van der Waals surface area contributed by atoms with E-state index in [4.69, 9.17) is 5.11 Å². The van der Waals surface area contributed by atoms with Crippen LogP contribution in [-0.2, 0) is 4.79 Å². The minimum Gasteiger partial charge on any atom is -0.480 e. The third-order valence-electron chi connectivity index (χ3n) is 3.06. The van der Waals surface area contributed by atoms with Gasteiger partial charge < -0.3 is 10.0 Å². The van der Waals surface area contributed by atoms with Gasteiger partial charge in [-0.2, -0.15) is 0 Å². The van der Waals surface area contributed by atoms with Crippen LogP contribution in [0, 0.1) is 0 Å². The molecule has 0 aromatic carbocycles. The molecule has 1 aliphatic carbocycles. The van der Waals surface area contributed by atoms with Crippen molar-refractivity contribution in [1.29, 1.82) is 0 Å². The fraction of sp³-hybridized carbons (Fsp3) is 0.500. The second kappa shape index (κ2) is 5.31. The SMILES string of the molecule is O=C(O)CN(C(=O)c1cccs1)C1CCCC1. The smallest absolute Gasteiger partial charge is 0.323 e. The first-order valence-corrected chi connectivity index (χ1v) is 6.62. The van der Waals surface area contributed by atoms with Gasteiger partial charge in [0.05, 0.1) is 4.88 Å². The van der Waals surface area contributed by atoms with Crippen LogP contribution in [-0.4, -0.2) is 34.5 Å². The van der Waals surface area contributed by atoms with E-state index < -0.39 is 5.97 Å². The zero-order valence-electron chi connectivity index (χ0n) is 9.46. The topological polar surface area (TPSA) is 57.6 Å². The predicted octanol–water partition coefficient (Wildman–Crippen LogP) is 2.22. The average molecular weight is 253 g/mol. The quantitative estimate of drug-likeness (QED) is 0.895. The summed E-state index contributed by atoms with van der Waals surface area (Å²) in [5.41, 5.74) is 0. The number of hydrogen-bond donors (Lipinski definition) is 1. The van der Waals surface area contributed by atoms with E-state index in [0.717, 1.165) is 25.7 Å². The normalized spacial score (nSPS) is 16.0. The van der Waals surface area contributed by atoms with E-state index in [2.05, 4.69) is 0 Å². The molecule has 92 valence electrons. The first-order chi connectivity index (χ1) is 8.18. The maximum Gasteiger partial charge on any atom is 0.323 e. The van der Waals surface area contributed by atoms with Crippen LogP contribution in [0.4, 0.5) is 0 Å². The molecule has 4 nitrogen and oxygen atoms in total. The Labute approximate surface area is 104 Å². The summed E-state index contributed by atoms with van der Waals surface area (Å²) >= 11 is 1.36. The molecule has 2 rings (SSSR count). The lowest BCUT2D eigenvalue weighted by atomic mass is 10.2. The number of amides is 1. The van der Waals surface area contributed by atoms with Gasteiger partial charge >= 0.3 is 5.97 Å². The summed E-state index contributed by atoms with van der Waals surface area (Å²) in [5, 5.41) is 10.7. The van der Waals surface area contributed by atoms with Crippen LogP contribution in [0.15, 0.2) is 17.5 Å². The largest absolute Gasteiger partial charge is 0.480 e. The van der Waals surface area contributed by atoms with Crippen LogP contribution in [0.5, 0.6) is 0 Å². The number of carbonyl (C=O) groups excluding carboxylic acids is 1. The maximum atomic E-state index is 12.2. The van der Waals surface area contributed by atoms with Crippen molar-refractivity contribution in [1.82, 2.24) is 4.90 Å². The number of aliphatic carboxylic acids is 1. The van der Waals surface area contributed by atoms with Gasteiger partial charge in [-0.3, -0.25) is 9.59 Å². The van der Waals surface area contributed by atoms with Crippen molar-refractivity contribution in [2.75, 3.05) is 6.54 Å². The molecule has 17 heavy (non-hydrogen) atoms. The molecular formula is C12H15NO3S. The average Bonchev–Trinajstić information content (AvgIpc) is 2.96. The van der Waals surface area contributed by atoms with Gasteiger partial charge in [0.25, 0.3) is 5.91 Å². The van der Waals surface area contributed by atoms with Gasteiger partial charge in [0.15, 0.2) is 0 Å². The van der Waals surface area contributed by atoms with Crippen LogP contribution >= 0.6 is 11.3 Å². The predicted molar refractivity (Wildman–Crippen MR) is 65.2 cm³/mol. The monoisotopic (exact) mass is 253 g/mol. The molecule has 0 radical (unpaired) electrons. The highest BCUT2D eigenvalue weighted by molar-refractivity contribution is 7.12. The molecule has 0 aliphatic heterocycles. The molecule has 0 atom stereocenters. The third-order valence-corrected chi connectivity index (χ3v) is 3.92. The van der Waals surface area contributed by atoms with Crippen LogP contribution in [0.2, 0.25) is 0 Å². The van der Waals surface area contributed by atoms with E-state index in [1.165, 1.54) is 16.2 Å². The molecule has 1 amide bonds. The van der Waals surface area contributed by atoms with Crippen molar-refractivity contribution in [3.63, 3.8) is 0 Å². The maximum absolute atomic E-state index is 12.2. The van der Waals surface area contributed by atoms with Crippen LogP contribution in [0.25, 0.3) is 0 Å². The lowest BCUT2D eigenvalue weighted by Crippen LogP contribution is -2.41. The van der Waals surface area contributed by atoms with E-state index >= 15 is 0 Å². The van der Waals surface area contributed by atoms with Crippen LogP contribution in [0.3, 0.4) is 0 Å². The summed E-state index contributed by atoms with van der Waals surface area (Å²) in [6.45, 7) is -0.193. The van der Waals surface area contributed by atoms with Gasteiger partial charge in [0.2, 0.25) is 0 Å². The molecular weight excluding hydrogens is 238 g/mol. The Balaban J connectivity index is 2.14. The summed E-state index contributed by atoms with van der Waals surface area (Å²) in [4.78, 5) is 25.2. The second-order valence-electron chi connectivity index (χ2n) is 4.24. The Hall–Kier alpha value is -1.36. The van der Waals surface area contributed by atoms with Crippen LogP contribution in [0.1, 0.15) is 35.4 Å². The molecule has 1 aromatic rings. The summed E-state index contributed by atoms with van der Waals surface area (Å²) < 4.78 is 0. The van der Waals surface area contributed by atoms with Crippen molar-refractivity contribution >= 4 is 23.2 Å². The van der Waals surface area contributed by atoms with Crippen molar-refractivity contribution < 1.29 is 14.7 Å². The van der Waals surface area contributed by atoms with Gasteiger partial charge in [0, 0.05) is 6.04 Å². The van der Waals surface area contributed by atoms with E-state index in [9.17, 15) is 9.59 Å². The molecule has 1 fully saturated rings. The minimum atomic E-state index is -0.943. The third kappa shape index (κ3) is 2.85. The summed E-state index contributed by atoms with van der Waals surface area (Å²) in [7, 11) is 0. The molecule has 1 saturated carbocycles. The fourth-order valence-electron chi connectivity index (χ4n) is 2.27. The molecule has 1 N–H and O–H groups in total. The fourth-order valence-corrected chi connectivity index (χ4v) is 2.95. The Kier molecular flexibility index (Phi) is 3.78. The van der Waals surface area contributed by atoms with Gasteiger partial charge in [0.1, 0.15) is 6.54 Å². The lowest BCUT2D eigenvalue weighted by Gasteiger charge is -2.26. The minimum absolute atomic E-state index is 0.0979. The second-order valence-corrected chi connectivity index (χ2v) is 5.19. The molecule has 1 aromatic heterocycles. The summed E-state index contributed by atoms with van der Waals surface area (Å²) in [5.74, 6) is -1.09. The number of carboxylic acid groups (broad SMARTS) is 1. The molecule has 5 heteroatoms. The number of rotatable bonds is 4. The van der Waals surface area contributed by atoms with Crippen molar-refractivity contribution in [3.05, 3.63) is 22.4 Å². The summed E-state index contributed by atoms with van der Waals surface area (Å²) in [6, 6.07) is 3.66. The standard InChI is InChI=1S/C12H15NO3S/c14-11(15)8-13(9-4-1-2-5-9)12(16)10-6-3-7-17-10/h3,6-7,9H,1-2,4-5,8H2,(H,14,15). The van der Waals surface area contributed by atoms with Gasteiger partial charge in [-0.1, -0.05) is 18.9 Å². The molecule has 0 spiro atoms. The Morgan fingerprint density at radius 1 is 1.41 bits per heavy atom. The highest BCUT2D eigenvalue weighted by Gasteiger charge is 2.29. The van der Waals surface area contributed by atoms with Gasteiger partial charge in [-0.25, -0.2) is 0 Å². The number of carboxylic acids is 1. The molecule has 1 aliphatic rings. The van der Waals surface area contributed by atoms with Crippen molar-refractivity contribution in [2.24, 2.45) is 0 Å². The van der Waals surface area contributed by atoms with Crippen LogP contribution < -0.4 is 0 Å². The first-order valence-electron chi connectivity index (χ1n) is 5.75. The molecule has 0 saturated heterocycles. The lowest BCUT2D eigenvalue weighted by molar-refractivity contribution is -0.138. The number of thiophene rings is 1. The molecule has 0 unspecified atom stereocenters. The molecule has 0 bridgehead atoms. The zero-order valence-corrected chi connectivity index (χ0v) is 10.3. The number of carbonyl (C=O) groups is 2. The zero-order chi connectivity index (χ0) is 12.3. The number of nitrogens with zero attached hydrogens (tertiary/aromatic N) is 1. The number of hydrogen-bond acceptors (Lipinski definition) is 3. The highest BCUT2D eigenvalue weighted by atomic mass is 32.1. The van der Waals surface area contributed by atoms with Crippen molar-refractivity contribution in [3.8, 4) is 0 Å². The van der Waals surface area contributed by atoms with Gasteiger partial charge in [-0.05, 0) is 24.3 Å². The van der Waals surface area contributed by atoms with Crippen molar-refractivity contribution in [2.45, 2.75) is 31.7 Å². The van der Waals surface area contributed by atoms with E-state index in [1.54, 1.807) is 6.07 Å².